The highest BCUT2D eigenvalue weighted by atomic mass is 16.2. The van der Waals surface area contributed by atoms with Crippen LogP contribution in [-0.2, 0) is 6.54 Å². The molecule has 0 saturated carbocycles. The minimum Gasteiger partial charge on any atom is -0.344 e. The number of rotatable bonds is 4. The van der Waals surface area contributed by atoms with E-state index in [0.717, 1.165) is 31.9 Å². The number of aromatic nitrogens is 1. The van der Waals surface area contributed by atoms with E-state index in [4.69, 9.17) is 0 Å². The maximum atomic E-state index is 12.3. The minimum atomic E-state index is 0.132. The second kappa shape index (κ2) is 6.05. The van der Waals surface area contributed by atoms with Crippen molar-refractivity contribution in [2.24, 2.45) is 5.92 Å². The molecular formula is C14H23N3O. The van der Waals surface area contributed by atoms with Gasteiger partial charge in [-0.15, -0.1) is 0 Å². The first-order valence-electron chi connectivity index (χ1n) is 6.83. The van der Waals surface area contributed by atoms with E-state index in [1.165, 1.54) is 12.8 Å². The zero-order chi connectivity index (χ0) is 13.0. The molecule has 1 aromatic rings. The second-order valence-electron chi connectivity index (χ2n) is 5.08. The number of nitrogens with one attached hydrogen (secondary N) is 1. The van der Waals surface area contributed by atoms with Crippen LogP contribution in [0.5, 0.6) is 0 Å². The van der Waals surface area contributed by atoms with Crippen LogP contribution >= 0.6 is 0 Å². The van der Waals surface area contributed by atoms with Gasteiger partial charge in [-0.25, -0.2) is 0 Å². The molecule has 1 aliphatic rings. The third kappa shape index (κ3) is 2.93. The number of aryl methyl sites for hydroxylation is 1. The highest BCUT2D eigenvalue weighted by Gasteiger charge is 2.20. The van der Waals surface area contributed by atoms with E-state index in [2.05, 4.69) is 12.2 Å². The first kappa shape index (κ1) is 13.1. The molecule has 2 heterocycles. The SMILES string of the molecule is CCn1cccc1C(=O)N(C)CC1CCCNC1. The molecule has 1 fully saturated rings. The van der Waals surface area contributed by atoms with Crippen molar-refractivity contribution < 1.29 is 4.79 Å². The lowest BCUT2D eigenvalue weighted by Gasteiger charge is -2.27. The summed E-state index contributed by atoms with van der Waals surface area (Å²) in [5, 5.41) is 3.39. The lowest BCUT2D eigenvalue weighted by atomic mass is 9.99. The van der Waals surface area contributed by atoms with Crippen molar-refractivity contribution in [1.82, 2.24) is 14.8 Å². The quantitative estimate of drug-likeness (QED) is 0.879. The summed E-state index contributed by atoms with van der Waals surface area (Å²) in [6.45, 7) is 5.90. The van der Waals surface area contributed by atoms with Crippen molar-refractivity contribution in [1.29, 1.82) is 0 Å². The predicted octanol–water partition coefficient (Wildman–Crippen LogP) is 1.58. The van der Waals surface area contributed by atoms with Crippen LogP contribution in [0.3, 0.4) is 0 Å². The van der Waals surface area contributed by atoms with Crippen molar-refractivity contribution in [2.45, 2.75) is 26.3 Å². The number of hydrogen-bond acceptors (Lipinski definition) is 2. The summed E-state index contributed by atoms with van der Waals surface area (Å²) in [4.78, 5) is 14.2. The Kier molecular flexibility index (Phi) is 4.42. The molecule has 0 radical (unpaired) electrons. The number of piperidine rings is 1. The standard InChI is InChI=1S/C14H23N3O/c1-3-17-9-5-7-13(17)14(18)16(2)11-12-6-4-8-15-10-12/h5,7,9,12,15H,3-4,6,8,10-11H2,1-2H3. The molecule has 100 valence electrons. The minimum absolute atomic E-state index is 0.132. The molecule has 18 heavy (non-hydrogen) atoms. The van der Waals surface area contributed by atoms with Gasteiger partial charge in [0.2, 0.25) is 0 Å². The molecule has 0 aliphatic carbocycles. The van der Waals surface area contributed by atoms with Crippen molar-refractivity contribution in [2.75, 3.05) is 26.7 Å². The number of carbonyl (C=O) groups excluding carboxylic acids is 1. The molecule has 4 nitrogen and oxygen atoms in total. The Hall–Kier alpha value is -1.29. The molecule has 0 bridgehead atoms. The van der Waals surface area contributed by atoms with Gasteiger partial charge in [0.1, 0.15) is 5.69 Å². The fraction of sp³-hybridized carbons (Fsp3) is 0.643. The molecule has 0 aromatic carbocycles. The van der Waals surface area contributed by atoms with Crippen molar-refractivity contribution in [3.05, 3.63) is 24.0 Å². The molecule has 1 N–H and O–H groups in total. The lowest BCUT2D eigenvalue weighted by Crippen LogP contribution is -2.39. The van der Waals surface area contributed by atoms with Crippen LogP contribution in [0.1, 0.15) is 30.3 Å². The number of nitrogens with zero attached hydrogens (tertiary/aromatic N) is 2. The van der Waals surface area contributed by atoms with Gasteiger partial charge in [0.05, 0.1) is 0 Å². The maximum absolute atomic E-state index is 12.3. The molecule has 4 heteroatoms. The molecule has 1 aromatic heterocycles. The second-order valence-corrected chi connectivity index (χ2v) is 5.08. The average molecular weight is 249 g/mol. The van der Waals surface area contributed by atoms with Crippen LogP contribution in [0, 0.1) is 5.92 Å². The molecule has 1 amide bonds. The summed E-state index contributed by atoms with van der Waals surface area (Å²) in [5.74, 6) is 0.727. The first-order chi connectivity index (χ1) is 8.72. The lowest BCUT2D eigenvalue weighted by molar-refractivity contribution is 0.0754. The molecule has 2 rings (SSSR count). The molecule has 1 unspecified atom stereocenters. The van der Waals surface area contributed by atoms with Gasteiger partial charge in [0.25, 0.3) is 5.91 Å². The van der Waals surface area contributed by atoms with E-state index in [-0.39, 0.29) is 5.91 Å². The molecule has 1 saturated heterocycles. The normalized spacial score (nSPS) is 19.8. The van der Waals surface area contributed by atoms with Gasteiger partial charge in [-0.3, -0.25) is 4.79 Å². The first-order valence-corrected chi connectivity index (χ1v) is 6.83. The van der Waals surface area contributed by atoms with Gasteiger partial charge in [-0.1, -0.05) is 0 Å². The van der Waals surface area contributed by atoms with Gasteiger partial charge < -0.3 is 14.8 Å². The van der Waals surface area contributed by atoms with E-state index in [1.807, 2.05) is 34.8 Å². The Morgan fingerprint density at radius 3 is 3.11 bits per heavy atom. The zero-order valence-corrected chi connectivity index (χ0v) is 11.4. The third-order valence-electron chi connectivity index (χ3n) is 3.67. The molecule has 1 atom stereocenters. The van der Waals surface area contributed by atoms with E-state index in [1.54, 1.807) is 0 Å². The van der Waals surface area contributed by atoms with Crippen molar-refractivity contribution in [3.63, 3.8) is 0 Å². The number of carbonyl (C=O) groups is 1. The number of hydrogen-bond donors (Lipinski definition) is 1. The topological polar surface area (TPSA) is 37.3 Å². The maximum Gasteiger partial charge on any atom is 0.270 e. The van der Waals surface area contributed by atoms with Gasteiger partial charge in [0, 0.05) is 26.3 Å². The van der Waals surface area contributed by atoms with Crippen molar-refractivity contribution >= 4 is 5.91 Å². The summed E-state index contributed by atoms with van der Waals surface area (Å²) in [5.41, 5.74) is 0.795. The molecular weight excluding hydrogens is 226 g/mol. The van der Waals surface area contributed by atoms with Crippen LogP contribution in [0.2, 0.25) is 0 Å². The summed E-state index contributed by atoms with van der Waals surface area (Å²) in [6.07, 6.45) is 4.40. The van der Waals surface area contributed by atoms with Crippen LogP contribution in [0.25, 0.3) is 0 Å². The summed E-state index contributed by atoms with van der Waals surface area (Å²) < 4.78 is 2.00. The van der Waals surface area contributed by atoms with Crippen LogP contribution in [-0.4, -0.2) is 42.1 Å². The van der Waals surface area contributed by atoms with Crippen LogP contribution in [0.15, 0.2) is 18.3 Å². The van der Waals surface area contributed by atoms with E-state index in [0.29, 0.717) is 5.92 Å². The predicted molar refractivity (Wildman–Crippen MR) is 72.7 cm³/mol. The summed E-state index contributed by atoms with van der Waals surface area (Å²) in [7, 11) is 1.91. The van der Waals surface area contributed by atoms with Gasteiger partial charge >= 0.3 is 0 Å². The summed E-state index contributed by atoms with van der Waals surface area (Å²) in [6, 6.07) is 3.84. The van der Waals surface area contributed by atoms with E-state index in [9.17, 15) is 4.79 Å². The van der Waals surface area contributed by atoms with E-state index >= 15 is 0 Å². The molecule has 0 spiro atoms. The third-order valence-corrected chi connectivity index (χ3v) is 3.67. The zero-order valence-electron chi connectivity index (χ0n) is 11.4. The van der Waals surface area contributed by atoms with Gasteiger partial charge in [0.15, 0.2) is 0 Å². The average Bonchev–Trinajstić information content (AvgIpc) is 2.87. The Labute approximate surface area is 109 Å². The highest BCUT2D eigenvalue weighted by Crippen LogP contribution is 2.13. The fourth-order valence-electron chi connectivity index (χ4n) is 2.63. The van der Waals surface area contributed by atoms with Crippen LogP contribution < -0.4 is 5.32 Å². The Morgan fingerprint density at radius 1 is 1.61 bits per heavy atom. The van der Waals surface area contributed by atoms with Gasteiger partial charge in [-0.05, 0) is 50.9 Å². The fourth-order valence-corrected chi connectivity index (χ4v) is 2.63. The van der Waals surface area contributed by atoms with Crippen molar-refractivity contribution in [3.8, 4) is 0 Å². The van der Waals surface area contributed by atoms with E-state index < -0.39 is 0 Å². The smallest absolute Gasteiger partial charge is 0.270 e. The highest BCUT2D eigenvalue weighted by molar-refractivity contribution is 5.92. The van der Waals surface area contributed by atoms with Crippen LogP contribution in [0.4, 0.5) is 0 Å². The number of amides is 1. The Morgan fingerprint density at radius 2 is 2.44 bits per heavy atom. The monoisotopic (exact) mass is 249 g/mol. The summed E-state index contributed by atoms with van der Waals surface area (Å²) >= 11 is 0. The van der Waals surface area contributed by atoms with Gasteiger partial charge in [-0.2, -0.15) is 0 Å². The Balaban J connectivity index is 1.95. The Bertz CT molecular complexity index is 393. The molecule has 1 aliphatic heterocycles. The largest absolute Gasteiger partial charge is 0.344 e.